The van der Waals surface area contributed by atoms with E-state index >= 15 is 0 Å². The number of rotatable bonds is 3. The zero-order valence-electron chi connectivity index (χ0n) is 9.05. The fourth-order valence-corrected chi connectivity index (χ4v) is 0.913. The highest BCUT2D eigenvalue weighted by Gasteiger charge is 1.96. The second-order valence-electron chi connectivity index (χ2n) is 2.81. The molecule has 0 aliphatic heterocycles. The van der Waals surface area contributed by atoms with Crippen molar-refractivity contribution in [1.82, 2.24) is 0 Å². The van der Waals surface area contributed by atoms with E-state index < -0.39 is 12.1 Å². The third kappa shape index (κ3) is 8.55. The van der Waals surface area contributed by atoms with E-state index in [9.17, 15) is 9.59 Å². The first kappa shape index (κ1) is 14.0. The van der Waals surface area contributed by atoms with Crippen LogP contribution in [0.4, 0.5) is 4.79 Å². The van der Waals surface area contributed by atoms with Crippen LogP contribution in [0.5, 0.6) is 0 Å². The maximum atomic E-state index is 10.2. The van der Waals surface area contributed by atoms with Crippen molar-refractivity contribution in [3.8, 4) is 0 Å². The minimum atomic E-state index is -0.786. The minimum absolute atomic E-state index is 0.112. The summed E-state index contributed by atoms with van der Waals surface area (Å²) in [5, 5.41) is 8.37. The van der Waals surface area contributed by atoms with Crippen molar-refractivity contribution in [3.05, 3.63) is 35.9 Å². The molecule has 0 aliphatic carbocycles. The monoisotopic (exact) mass is 225 g/mol. The number of carboxylic acids is 1. The first-order valence-corrected chi connectivity index (χ1v) is 4.74. The molecular weight excluding hydrogens is 210 g/mol. The molecule has 0 aromatic heterocycles. The van der Waals surface area contributed by atoms with Crippen LogP contribution in [0.1, 0.15) is 12.5 Å². The molecule has 1 aromatic carbocycles. The average Bonchev–Trinajstić information content (AvgIpc) is 2.18. The Balaban J connectivity index is 0.000000325. The lowest BCUT2D eigenvalue weighted by Crippen LogP contribution is -2.11. The number of carboxylic acid groups (broad SMARTS) is 1. The quantitative estimate of drug-likeness (QED) is 0.813. The number of hydrogen-bond acceptors (Lipinski definition) is 3. The van der Waals surface area contributed by atoms with Gasteiger partial charge in [-0.2, -0.15) is 0 Å². The minimum Gasteiger partial charge on any atom is -0.481 e. The predicted molar refractivity (Wildman–Crippen MR) is 59.0 cm³/mol. The van der Waals surface area contributed by atoms with E-state index in [2.05, 4.69) is 10.5 Å². The molecule has 16 heavy (non-hydrogen) atoms. The van der Waals surface area contributed by atoms with Gasteiger partial charge < -0.3 is 15.6 Å². The fourth-order valence-electron chi connectivity index (χ4n) is 0.913. The van der Waals surface area contributed by atoms with E-state index in [1.54, 1.807) is 19.1 Å². The van der Waals surface area contributed by atoms with Crippen LogP contribution in [0, 0.1) is 0 Å². The lowest BCUT2D eigenvalue weighted by Gasteiger charge is -1.92. The van der Waals surface area contributed by atoms with Crippen molar-refractivity contribution >= 4 is 12.1 Å². The van der Waals surface area contributed by atoms with Crippen LogP contribution < -0.4 is 5.73 Å². The van der Waals surface area contributed by atoms with Crippen LogP contribution in [-0.4, -0.2) is 23.8 Å². The van der Waals surface area contributed by atoms with Gasteiger partial charge in [-0.05, 0) is 12.5 Å². The van der Waals surface area contributed by atoms with Crippen LogP contribution >= 0.6 is 0 Å². The van der Waals surface area contributed by atoms with E-state index in [1.807, 2.05) is 18.2 Å². The maximum Gasteiger partial charge on any atom is 0.404 e. The summed E-state index contributed by atoms with van der Waals surface area (Å²) in [6, 6.07) is 9.13. The highest BCUT2D eigenvalue weighted by atomic mass is 16.5. The summed E-state index contributed by atoms with van der Waals surface area (Å²) in [5.74, 6) is -0.786. The number of benzene rings is 1. The van der Waals surface area contributed by atoms with Gasteiger partial charge in [0.25, 0.3) is 0 Å². The number of carbonyl (C=O) groups is 2. The van der Waals surface area contributed by atoms with E-state index in [-0.39, 0.29) is 6.42 Å². The van der Waals surface area contributed by atoms with Gasteiger partial charge in [0.1, 0.15) is 0 Å². The van der Waals surface area contributed by atoms with Crippen LogP contribution in [0.3, 0.4) is 0 Å². The SMILES string of the molecule is CCOC(N)=O.O=C(O)Cc1ccccc1. The van der Waals surface area contributed by atoms with E-state index in [4.69, 9.17) is 5.11 Å². The normalized spacial score (nSPS) is 8.56. The van der Waals surface area contributed by atoms with E-state index in [0.29, 0.717) is 6.61 Å². The maximum absolute atomic E-state index is 10.2. The summed E-state index contributed by atoms with van der Waals surface area (Å²) in [6.45, 7) is 2.06. The molecule has 0 fully saturated rings. The Morgan fingerprint density at radius 1 is 1.31 bits per heavy atom. The molecule has 0 unspecified atom stereocenters. The van der Waals surface area contributed by atoms with Gasteiger partial charge in [0.2, 0.25) is 0 Å². The highest BCUT2D eigenvalue weighted by Crippen LogP contribution is 1.98. The molecule has 5 nitrogen and oxygen atoms in total. The van der Waals surface area contributed by atoms with Gasteiger partial charge in [-0.1, -0.05) is 30.3 Å². The molecule has 1 amide bonds. The Morgan fingerprint density at radius 3 is 2.19 bits per heavy atom. The number of nitrogens with two attached hydrogens (primary N) is 1. The van der Waals surface area contributed by atoms with Crippen LogP contribution in [0.2, 0.25) is 0 Å². The van der Waals surface area contributed by atoms with Crippen LogP contribution in [0.15, 0.2) is 30.3 Å². The first-order valence-electron chi connectivity index (χ1n) is 4.74. The van der Waals surface area contributed by atoms with E-state index in [0.717, 1.165) is 5.56 Å². The third-order valence-corrected chi connectivity index (χ3v) is 1.48. The Bertz CT molecular complexity index is 324. The van der Waals surface area contributed by atoms with E-state index in [1.165, 1.54) is 0 Å². The third-order valence-electron chi connectivity index (χ3n) is 1.48. The average molecular weight is 225 g/mol. The molecule has 88 valence electrons. The molecule has 0 saturated heterocycles. The van der Waals surface area contributed by atoms with Gasteiger partial charge in [-0.15, -0.1) is 0 Å². The summed E-state index contributed by atoms with van der Waals surface area (Å²) in [7, 11) is 0. The summed E-state index contributed by atoms with van der Waals surface area (Å²) in [5.41, 5.74) is 5.38. The number of primary amides is 1. The number of aliphatic carboxylic acids is 1. The molecule has 0 spiro atoms. The molecule has 0 radical (unpaired) electrons. The molecule has 0 atom stereocenters. The van der Waals surface area contributed by atoms with Gasteiger partial charge in [0, 0.05) is 0 Å². The number of carbonyl (C=O) groups excluding carboxylic acids is 1. The molecule has 1 rings (SSSR count). The van der Waals surface area contributed by atoms with Gasteiger partial charge in [-0.3, -0.25) is 4.79 Å². The molecule has 0 saturated carbocycles. The molecule has 0 aliphatic rings. The summed E-state index contributed by atoms with van der Waals surface area (Å²) >= 11 is 0. The van der Waals surface area contributed by atoms with Crippen molar-refractivity contribution in [1.29, 1.82) is 0 Å². The topological polar surface area (TPSA) is 89.6 Å². The number of hydrogen-bond donors (Lipinski definition) is 2. The number of ether oxygens (including phenoxy) is 1. The lowest BCUT2D eigenvalue weighted by molar-refractivity contribution is -0.136. The van der Waals surface area contributed by atoms with Gasteiger partial charge in [0.05, 0.1) is 13.0 Å². The van der Waals surface area contributed by atoms with Crippen molar-refractivity contribution in [2.24, 2.45) is 5.73 Å². The Kier molecular flexibility index (Phi) is 7.23. The lowest BCUT2D eigenvalue weighted by atomic mass is 10.2. The van der Waals surface area contributed by atoms with Crippen molar-refractivity contribution in [2.75, 3.05) is 6.61 Å². The molecule has 3 N–H and O–H groups in total. The Labute approximate surface area is 93.8 Å². The molecule has 0 bridgehead atoms. The predicted octanol–water partition coefficient (Wildman–Crippen LogP) is 1.42. The fraction of sp³-hybridized carbons (Fsp3) is 0.273. The zero-order chi connectivity index (χ0) is 12.4. The molecule has 0 heterocycles. The van der Waals surface area contributed by atoms with Gasteiger partial charge in [0.15, 0.2) is 0 Å². The molecular formula is C11H15NO4. The summed E-state index contributed by atoms with van der Waals surface area (Å²) < 4.78 is 4.18. The largest absolute Gasteiger partial charge is 0.481 e. The molecule has 1 aromatic rings. The van der Waals surface area contributed by atoms with Gasteiger partial charge in [-0.25, -0.2) is 4.79 Å². The highest BCUT2D eigenvalue weighted by molar-refractivity contribution is 5.70. The molecule has 5 heteroatoms. The Hall–Kier alpha value is -2.04. The smallest absolute Gasteiger partial charge is 0.404 e. The van der Waals surface area contributed by atoms with Gasteiger partial charge >= 0.3 is 12.1 Å². The summed E-state index contributed by atoms with van der Waals surface area (Å²) in [6.07, 6.45) is -0.599. The Morgan fingerprint density at radius 2 is 1.88 bits per heavy atom. The summed E-state index contributed by atoms with van der Waals surface area (Å²) in [4.78, 5) is 19.8. The van der Waals surface area contributed by atoms with Crippen LogP contribution in [0.25, 0.3) is 0 Å². The number of amides is 1. The second-order valence-corrected chi connectivity index (χ2v) is 2.81. The van der Waals surface area contributed by atoms with Crippen molar-refractivity contribution < 1.29 is 19.4 Å². The van der Waals surface area contributed by atoms with Crippen molar-refractivity contribution in [2.45, 2.75) is 13.3 Å². The van der Waals surface area contributed by atoms with Crippen LogP contribution in [-0.2, 0) is 16.0 Å². The standard InChI is InChI=1S/C8H8O2.C3H7NO2/c9-8(10)6-7-4-2-1-3-5-7;1-2-6-3(4)5/h1-5H,6H2,(H,9,10);2H2,1H3,(H2,4,5). The zero-order valence-corrected chi connectivity index (χ0v) is 9.05. The second kappa shape index (κ2) is 8.28. The van der Waals surface area contributed by atoms with Crippen molar-refractivity contribution in [3.63, 3.8) is 0 Å². The first-order chi connectivity index (χ1) is 7.56.